The molecule has 10 heteroatoms. The largest absolute Gasteiger partial charge is 0.353 e. The van der Waals surface area contributed by atoms with Crippen LogP contribution in [0, 0.1) is 6.92 Å². The fourth-order valence-electron chi connectivity index (χ4n) is 3.20. The third-order valence-corrected chi connectivity index (χ3v) is 4.80. The van der Waals surface area contributed by atoms with Crippen molar-refractivity contribution >= 4 is 29.1 Å². The van der Waals surface area contributed by atoms with E-state index in [1.54, 1.807) is 21.6 Å². The molecular formula is C16H19ClN8O. The van der Waals surface area contributed by atoms with E-state index in [4.69, 9.17) is 11.6 Å². The molecule has 1 amide bonds. The topological polar surface area (TPSA) is 84.5 Å². The first-order valence-electron chi connectivity index (χ1n) is 8.43. The van der Waals surface area contributed by atoms with E-state index in [1.165, 1.54) is 6.33 Å². The van der Waals surface area contributed by atoms with Gasteiger partial charge in [-0.3, -0.25) is 9.48 Å². The minimum Gasteiger partial charge on any atom is -0.353 e. The van der Waals surface area contributed by atoms with Crippen molar-refractivity contribution in [3.63, 3.8) is 0 Å². The van der Waals surface area contributed by atoms with Crippen molar-refractivity contribution in [3.8, 4) is 0 Å². The van der Waals surface area contributed by atoms with Crippen LogP contribution in [0.4, 0.5) is 5.82 Å². The maximum atomic E-state index is 12.7. The fraction of sp³-hybridized carbons (Fsp3) is 0.438. The molecule has 136 valence electrons. The summed E-state index contributed by atoms with van der Waals surface area (Å²) in [5.41, 5.74) is 0.892. The van der Waals surface area contributed by atoms with Crippen molar-refractivity contribution in [2.24, 2.45) is 0 Å². The molecule has 9 nitrogen and oxygen atoms in total. The zero-order valence-electron chi connectivity index (χ0n) is 14.6. The number of halogens is 1. The molecule has 1 aliphatic heterocycles. The number of fused-ring (bicyclic) bond motifs is 1. The highest BCUT2D eigenvalue weighted by Crippen LogP contribution is 2.20. The van der Waals surface area contributed by atoms with E-state index in [9.17, 15) is 4.79 Å². The molecule has 26 heavy (non-hydrogen) atoms. The van der Waals surface area contributed by atoms with Gasteiger partial charge in [-0.1, -0.05) is 11.6 Å². The molecule has 1 aliphatic rings. The smallest absolute Gasteiger partial charge is 0.254 e. The standard InChI is InChI=1S/C16H19ClN8O/c1-11-7-14(25-16(21-11)18-10-20-25)22-3-5-23(6-4-22)15(26)12(2)24-9-13(17)8-19-24/h7-10,12H,3-6H2,1-2H3. The summed E-state index contributed by atoms with van der Waals surface area (Å²) in [6, 6.07) is 1.62. The van der Waals surface area contributed by atoms with Crippen LogP contribution >= 0.6 is 11.6 Å². The molecule has 0 aliphatic carbocycles. The monoisotopic (exact) mass is 374 g/mol. The number of aromatic nitrogens is 6. The Morgan fingerprint density at radius 1 is 1.23 bits per heavy atom. The van der Waals surface area contributed by atoms with E-state index < -0.39 is 0 Å². The summed E-state index contributed by atoms with van der Waals surface area (Å²) in [4.78, 5) is 25.3. The van der Waals surface area contributed by atoms with Crippen LogP contribution in [0.3, 0.4) is 0 Å². The first kappa shape index (κ1) is 16.8. The van der Waals surface area contributed by atoms with Crippen LogP contribution in [0.25, 0.3) is 5.78 Å². The molecule has 4 heterocycles. The SMILES string of the molecule is Cc1cc(N2CCN(C(=O)C(C)n3cc(Cl)cn3)CC2)n2ncnc2n1. The quantitative estimate of drug-likeness (QED) is 0.684. The van der Waals surface area contributed by atoms with Gasteiger partial charge in [0.05, 0.1) is 11.2 Å². The van der Waals surface area contributed by atoms with Crippen LogP contribution in [0.5, 0.6) is 0 Å². The Kier molecular flexibility index (Phi) is 4.23. The van der Waals surface area contributed by atoms with Gasteiger partial charge in [0, 0.05) is 44.1 Å². The maximum absolute atomic E-state index is 12.7. The van der Waals surface area contributed by atoms with Crippen molar-refractivity contribution in [1.29, 1.82) is 0 Å². The number of carbonyl (C=O) groups is 1. The number of carbonyl (C=O) groups excluding carboxylic acids is 1. The molecule has 0 aromatic carbocycles. The lowest BCUT2D eigenvalue weighted by molar-refractivity contribution is -0.134. The van der Waals surface area contributed by atoms with Gasteiger partial charge in [-0.2, -0.15) is 19.7 Å². The van der Waals surface area contributed by atoms with Gasteiger partial charge >= 0.3 is 0 Å². The molecule has 0 saturated carbocycles. The van der Waals surface area contributed by atoms with E-state index in [0.29, 0.717) is 23.9 Å². The van der Waals surface area contributed by atoms with Gasteiger partial charge in [0.2, 0.25) is 5.91 Å². The lowest BCUT2D eigenvalue weighted by Gasteiger charge is -2.37. The second-order valence-corrected chi connectivity index (χ2v) is 6.79. The van der Waals surface area contributed by atoms with E-state index in [-0.39, 0.29) is 11.9 Å². The summed E-state index contributed by atoms with van der Waals surface area (Å²) in [7, 11) is 0. The summed E-state index contributed by atoms with van der Waals surface area (Å²) < 4.78 is 3.33. The molecule has 1 atom stereocenters. The lowest BCUT2D eigenvalue weighted by Crippen LogP contribution is -2.50. The molecule has 3 aromatic rings. The normalized spacial score (nSPS) is 16.3. The number of rotatable bonds is 3. The highest BCUT2D eigenvalue weighted by molar-refractivity contribution is 6.30. The van der Waals surface area contributed by atoms with Crippen LogP contribution in [-0.4, -0.2) is 66.3 Å². The van der Waals surface area contributed by atoms with Crippen molar-refractivity contribution in [1.82, 2.24) is 34.3 Å². The second kappa shape index (κ2) is 6.56. The van der Waals surface area contributed by atoms with Crippen molar-refractivity contribution < 1.29 is 4.79 Å². The van der Waals surface area contributed by atoms with Crippen LogP contribution in [0.15, 0.2) is 24.8 Å². The molecule has 4 rings (SSSR count). The van der Waals surface area contributed by atoms with Gasteiger partial charge in [0.15, 0.2) is 0 Å². The number of amides is 1. The van der Waals surface area contributed by atoms with Crippen LogP contribution in [-0.2, 0) is 4.79 Å². The molecule has 0 radical (unpaired) electrons. The number of hydrogen-bond donors (Lipinski definition) is 0. The minimum atomic E-state index is -0.376. The zero-order valence-corrected chi connectivity index (χ0v) is 15.3. The molecule has 0 bridgehead atoms. The van der Waals surface area contributed by atoms with Crippen LogP contribution in [0.2, 0.25) is 5.02 Å². The third-order valence-electron chi connectivity index (χ3n) is 4.60. The highest BCUT2D eigenvalue weighted by atomic mass is 35.5. The average molecular weight is 375 g/mol. The third kappa shape index (κ3) is 2.98. The first-order chi connectivity index (χ1) is 12.5. The van der Waals surface area contributed by atoms with E-state index in [2.05, 4.69) is 25.1 Å². The maximum Gasteiger partial charge on any atom is 0.254 e. The summed E-state index contributed by atoms with van der Waals surface area (Å²) in [6.45, 7) is 6.48. The summed E-state index contributed by atoms with van der Waals surface area (Å²) in [5, 5.41) is 8.92. The van der Waals surface area contributed by atoms with Crippen molar-refractivity contribution in [3.05, 3.63) is 35.5 Å². The van der Waals surface area contributed by atoms with Gasteiger partial charge < -0.3 is 9.80 Å². The minimum absolute atomic E-state index is 0.0428. The molecule has 1 unspecified atom stereocenters. The Bertz CT molecular complexity index is 943. The van der Waals surface area contributed by atoms with Crippen LogP contribution in [0.1, 0.15) is 18.7 Å². The Labute approximate surface area is 155 Å². The van der Waals surface area contributed by atoms with Gasteiger partial charge in [-0.25, -0.2) is 4.98 Å². The summed E-state index contributed by atoms with van der Waals surface area (Å²) in [6.07, 6.45) is 4.71. The number of anilines is 1. The number of piperazine rings is 1. The highest BCUT2D eigenvalue weighted by Gasteiger charge is 2.27. The van der Waals surface area contributed by atoms with Gasteiger partial charge in [-0.05, 0) is 13.8 Å². The van der Waals surface area contributed by atoms with E-state index in [0.717, 1.165) is 24.6 Å². The summed E-state index contributed by atoms with van der Waals surface area (Å²) >= 11 is 5.90. The second-order valence-electron chi connectivity index (χ2n) is 6.35. The van der Waals surface area contributed by atoms with E-state index >= 15 is 0 Å². The molecule has 0 N–H and O–H groups in total. The number of aryl methyl sites for hydroxylation is 1. The predicted octanol–water partition coefficient (Wildman–Crippen LogP) is 1.19. The first-order valence-corrected chi connectivity index (χ1v) is 8.81. The van der Waals surface area contributed by atoms with Crippen LogP contribution < -0.4 is 4.90 Å². The fourth-order valence-corrected chi connectivity index (χ4v) is 3.34. The molecule has 1 saturated heterocycles. The Balaban J connectivity index is 1.47. The molecule has 1 fully saturated rings. The predicted molar refractivity (Wildman–Crippen MR) is 96.3 cm³/mol. The Morgan fingerprint density at radius 3 is 2.69 bits per heavy atom. The molecule has 0 spiro atoms. The van der Waals surface area contributed by atoms with Gasteiger partial charge in [-0.15, -0.1) is 0 Å². The number of nitrogens with zero attached hydrogens (tertiary/aromatic N) is 8. The van der Waals surface area contributed by atoms with Crippen molar-refractivity contribution in [2.45, 2.75) is 19.9 Å². The lowest BCUT2D eigenvalue weighted by atomic mass is 10.2. The Morgan fingerprint density at radius 2 is 2.00 bits per heavy atom. The zero-order chi connectivity index (χ0) is 18.3. The molecule has 3 aromatic heterocycles. The number of hydrogen-bond acceptors (Lipinski definition) is 6. The molecular weight excluding hydrogens is 356 g/mol. The van der Waals surface area contributed by atoms with Gasteiger partial charge in [0.25, 0.3) is 5.78 Å². The average Bonchev–Trinajstić information content (AvgIpc) is 3.28. The van der Waals surface area contributed by atoms with Gasteiger partial charge in [0.1, 0.15) is 18.2 Å². The Hall–Kier alpha value is -2.68. The van der Waals surface area contributed by atoms with E-state index in [1.807, 2.05) is 24.8 Å². The van der Waals surface area contributed by atoms with Crippen molar-refractivity contribution in [2.75, 3.05) is 31.1 Å². The summed E-state index contributed by atoms with van der Waals surface area (Å²) in [5.74, 6) is 1.58.